The van der Waals surface area contributed by atoms with E-state index in [1.807, 2.05) is 0 Å². The predicted octanol–water partition coefficient (Wildman–Crippen LogP) is 1.73. The van der Waals surface area contributed by atoms with E-state index < -0.39 is 11.5 Å². The Morgan fingerprint density at radius 2 is 2.19 bits per heavy atom. The average molecular weight is 242 g/mol. The Morgan fingerprint density at radius 1 is 1.56 bits per heavy atom. The number of amides is 1. The number of likely N-dealkylation sites (N-methyl/N-ethyl adjacent to an activating group) is 1. The zero-order valence-corrected chi connectivity index (χ0v) is 9.73. The standard InChI is InChI=1S/C11H12ClNO3/c1-11(10(15)16,13(2)7-14)8-4-3-5-9(12)6-8/h3-7H,1-2H3,(H,15,16). The summed E-state index contributed by atoms with van der Waals surface area (Å²) in [6.45, 7) is 1.45. The van der Waals surface area contributed by atoms with Gasteiger partial charge in [0.2, 0.25) is 6.41 Å². The molecule has 0 aliphatic carbocycles. The molecule has 16 heavy (non-hydrogen) atoms. The maximum atomic E-state index is 11.3. The van der Waals surface area contributed by atoms with Crippen LogP contribution in [-0.4, -0.2) is 29.4 Å². The van der Waals surface area contributed by atoms with Gasteiger partial charge in [0.25, 0.3) is 0 Å². The van der Waals surface area contributed by atoms with E-state index in [1.54, 1.807) is 18.2 Å². The Kier molecular flexibility index (Phi) is 3.55. The van der Waals surface area contributed by atoms with E-state index in [1.165, 1.54) is 20.0 Å². The highest BCUT2D eigenvalue weighted by Gasteiger charge is 2.39. The zero-order valence-electron chi connectivity index (χ0n) is 8.98. The first-order valence-corrected chi connectivity index (χ1v) is 4.98. The first-order valence-electron chi connectivity index (χ1n) is 4.60. The van der Waals surface area contributed by atoms with Crippen molar-refractivity contribution in [1.29, 1.82) is 0 Å². The Labute approximate surface area is 98.4 Å². The third-order valence-electron chi connectivity index (χ3n) is 2.67. The van der Waals surface area contributed by atoms with Crippen LogP contribution >= 0.6 is 11.6 Å². The van der Waals surface area contributed by atoms with E-state index in [9.17, 15) is 14.7 Å². The molecule has 1 unspecified atom stereocenters. The van der Waals surface area contributed by atoms with Crippen LogP contribution in [0.4, 0.5) is 0 Å². The van der Waals surface area contributed by atoms with Crippen molar-refractivity contribution in [3.05, 3.63) is 34.9 Å². The minimum absolute atomic E-state index is 0.435. The van der Waals surface area contributed by atoms with E-state index in [-0.39, 0.29) is 0 Å². The van der Waals surface area contributed by atoms with E-state index in [0.717, 1.165) is 4.90 Å². The molecule has 0 radical (unpaired) electrons. The molecule has 1 atom stereocenters. The number of rotatable bonds is 4. The number of carboxylic acids is 1. The van der Waals surface area contributed by atoms with Crippen molar-refractivity contribution >= 4 is 24.0 Å². The molecule has 1 N–H and O–H groups in total. The maximum Gasteiger partial charge on any atom is 0.334 e. The maximum absolute atomic E-state index is 11.3. The molecule has 0 fully saturated rings. The molecule has 0 heterocycles. The number of aliphatic carboxylic acids is 1. The van der Waals surface area contributed by atoms with Crippen LogP contribution in [0.5, 0.6) is 0 Å². The van der Waals surface area contributed by atoms with Crippen LogP contribution in [0.1, 0.15) is 12.5 Å². The molecule has 1 aromatic carbocycles. The summed E-state index contributed by atoms with van der Waals surface area (Å²) in [5.41, 5.74) is -0.950. The largest absolute Gasteiger partial charge is 0.479 e. The van der Waals surface area contributed by atoms with Crippen molar-refractivity contribution in [1.82, 2.24) is 4.90 Å². The van der Waals surface area contributed by atoms with Crippen molar-refractivity contribution in [2.24, 2.45) is 0 Å². The molecule has 0 aliphatic rings. The lowest BCUT2D eigenvalue weighted by Gasteiger charge is -2.32. The van der Waals surface area contributed by atoms with Gasteiger partial charge in [0.1, 0.15) is 0 Å². The van der Waals surface area contributed by atoms with E-state index >= 15 is 0 Å². The highest BCUT2D eigenvalue weighted by molar-refractivity contribution is 6.30. The number of carboxylic acid groups (broad SMARTS) is 1. The molecular weight excluding hydrogens is 230 g/mol. The van der Waals surface area contributed by atoms with Crippen LogP contribution in [0.2, 0.25) is 5.02 Å². The summed E-state index contributed by atoms with van der Waals surface area (Å²) < 4.78 is 0. The first kappa shape index (κ1) is 12.5. The molecule has 1 rings (SSSR count). The van der Waals surface area contributed by atoms with Gasteiger partial charge >= 0.3 is 5.97 Å². The minimum atomic E-state index is -1.41. The van der Waals surface area contributed by atoms with Crippen molar-refractivity contribution in [3.63, 3.8) is 0 Å². The Morgan fingerprint density at radius 3 is 2.62 bits per heavy atom. The molecule has 0 aromatic heterocycles. The highest BCUT2D eigenvalue weighted by atomic mass is 35.5. The fourth-order valence-corrected chi connectivity index (χ4v) is 1.56. The van der Waals surface area contributed by atoms with Gasteiger partial charge in [-0.1, -0.05) is 23.7 Å². The van der Waals surface area contributed by atoms with Crippen molar-refractivity contribution in [3.8, 4) is 0 Å². The highest BCUT2D eigenvalue weighted by Crippen LogP contribution is 2.28. The Bertz CT molecular complexity index is 421. The van der Waals surface area contributed by atoms with Crippen molar-refractivity contribution in [2.75, 3.05) is 7.05 Å². The third kappa shape index (κ3) is 2.02. The van der Waals surface area contributed by atoms with Gasteiger partial charge in [-0.2, -0.15) is 0 Å². The number of carbonyl (C=O) groups is 2. The topological polar surface area (TPSA) is 57.6 Å². The number of halogens is 1. The second-order valence-corrected chi connectivity index (χ2v) is 4.04. The predicted molar refractivity (Wildman–Crippen MR) is 60.3 cm³/mol. The summed E-state index contributed by atoms with van der Waals surface area (Å²) in [7, 11) is 1.42. The number of hydrogen-bond donors (Lipinski definition) is 1. The fraction of sp³-hybridized carbons (Fsp3) is 0.273. The van der Waals surface area contributed by atoms with Gasteiger partial charge in [0, 0.05) is 12.1 Å². The van der Waals surface area contributed by atoms with Crippen LogP contribution < -0.4 is 0 Å². The van der Waals surface area contributed by atoms with Crippen molar-refractivity contribution in [2.45, 2.75) is 12.5 Å². The molecule has 1 aromatic rings. The van der Waals surface area contributed by atoms with Gasteiger partial charge < -0.3 is 10.0 Å². The summed E-state index contributed by atoms with van der Waals surface area (Å²) >= 11 is 5.80. The second kappa shape index (κ2) is 4.53. The minimum Gasteiger partial charge on any atom is -0.479 e. The van der Waals surface area contributed by atoms with Crippen LogP contribution in [0.15, 0.2) is 24.3 Å². The first-order chi connectivity index (χ1) is 7.42. The lowest BCUT2D eigenvalue weighted by molar-refractivity contribution is -0.153. The van der Waals surface area contributed by atoms with Gasteiger partial charge in [0.05, 0.1) is 0 Å². The lowest BCUT2D eigenvalue weighted by Crippen LogP contribution is -2.47. The fourth-order valence-electron chi connectivity index (χ4n) is 1.37. The third-order valence-corrected chi connectivity index (χ3v) is 2.90. The molecular formula is C11H12ClNO3. The summed E-state index contributed by atoms with van der Waals surface area (Å²) in [6, 6.07) is 6.46. The molecule has 0 spiro atoms. The monoisotopic (exact) mass is 241 g/mol. The molecule has 86 valence electrons. The van der Waals surface area contributed by atoms with E-state index in [0.29, 0.717) is 17.0 Å². The number of benzene rings is 1. The van der Waals surface area contributed by atoms with Crippen LogP contribution in [0.3, 0.4) is 0 Å². The normalized spacial score (nSPS) is 13.9. The molecule has 0 saturated carbocycles. The summed E-state index contributed by atoms with van der Waals surface area (Å²) in [4.78, 5) is 23.1. The molecule has 0 bridgehead atoms. The molecule has 1 amide bonds. The molecule has 0 saturated heterocycles. The summed E-state index contributed by atoms with van der Waals surface area (Å²) in [5.74, 6) is -1.11. The van der Waals surface area contributed by atoms with Gasteiger partial charge in [0.15, 0.2) is 5.54 Å². The Hall–Kier alpha value is -1.55. The number of nitrogens with zero attached hydrogens (tertiary/aromatic N) is 1. The van der Waals surface area contributed by atoms with Crippen molar-refractivity contribution < 1.29 is 14.7 Å². The molecule has 4 nitrogen and oxygen atoms in total. The van der Waals surface area contributed by atoms with E-state index in [4.69, 9.17) is 11.6 Å². The van der Waals surface area contributed by atoms with Gasteiger partial charge in [-0.3, -0.25) is 4.79 Å². The van der Waals surface area contributed by atoms with Gasteiger partial charge in [-0.15, -0.1) is 0 Å². The van der Waals surface area contributed by atoms with Gasteiger partial charge in [-0.05, 0) is 24.6 Å². The smallest absolute Gasteiger partial charge is 0.334 e. The van der Waals surface area contributed by atoms with Gasteiger partial charge in [-0.25, -0.2) is 4.79 Å². The second-order valence-electron chi connectivity index (χ2n) is 3.60. The summed E-state index contributed by atoms with van der Waals surface area (Å²) in [6.07, 6.45) is 0.481. The SMILES string of the molecule is CN(C=O)C(C)(C(=O)O)c1cccc(Cl)c1. The average Bonchev–Trinajstić information content (AvgIpc) is 2.26. The zero-order chi connectivity index (χ0) is 12.3. The lowest BCUT2D eigenvalue weighted by atomic mass is 9.91. The van der Waals surface area contributed by atoms with E-state index in [2.05, 4.69) is 0 Å². The van der Waals surface area contributed by atoms with Crippen LogP contribution in [-0.2, 0) is 15.1 Å². The van der Waals surface area contributed by atoms with Crippen LogP contribution in [0, 0.1) is 0 Å². The number of hydrogen-bond acceptors (Lipinski definition) is 2. The molecule has 5 heteroatoms. The summed E-state index contributed by atoms with van der Waals surface area (Å²) in [5, 5.41) is 9.67. The Balaban J connectivity index is 3.32. The molecule has 0 aliphatic heterocycles. The quantitative estimate of drug-likeness (QED) is 0.817. The van der Waals surface area contributed by atoms with Crippen LogP contribution in [0.25, 0.3) is 0 Å². The number of carbonyl (C=O) groups excluding carboxylic acids is 1.